The van der Waals surface area contributed by atoms with Crippen molar-refractivity contribution in [3.05, 3.63) is 17.0 Å². The number of hydrogen-bond donors (Lipinski definition) is 2. The molecule has 0 spiro atoms. The lowest BCUT2D eigenvalue weighted by Crippen LogP contribution is -2.44. The van der Waals surface area contributed by atoms with Crippen molar-refractivity contribution >= 4 is 5.91 Å². The zero-order valence-corrected chi connectivity index (χ0v) is 13.4. The maximum Gasteiger partial charge on any atom is 0.275 e. The highest BCUT2D eigenvalue weighted by Crippen LogP contribution is 2.36. The Hall–Kier alpha value is -1.36. The number of H-pyrrole nitrogens is 1. The predicted octanol–water partition coefficient (Wildman–Crippen LogP) is 2.24. The fourth-order valence-electron chi connectivity index (χ4n) is 4.03. The lowest BCUT2D eigenvalue weighted by atomic mass is 9.86. The van der Waals surface area contributed by atoms with Crippen molar-refractivity contribution in [2.24, 2.45) is 5.92 Å². The van der Waals surface area contributed by atoms with E-state index >= 15 is 0 Å². The number of nitrogens with zero attached hydrogens (tertiary/aromatic N) is 2. The number of rotatable bonds is 3. The Morgan fingerprint density at radius 3 is 2.50 bits per heavy atom. The predicted molar refractivity (Wildman–Crippen MR) is 84.6 cm³/mol. The van der Waals surface area contributed by atoms with Crippen LogP contribution in [-0.2, 0) is 13.0 Å². The van der Waals surface area contributed by atoms with E-state index in [4.69, 9.17) is 0 Å². The van der Waals surface area contributed by atoms with Gasteiger partial charge in [0.05, 0.1) is 0 Å². The normalized spacial score (nSPS) is 28.2. The van der Waals surface area contributed by atoms with Crippen LogP contribution in [0.1, 0.15) is 67.2 Å². The molecule has 1 amide bonds. The minimum Gasteiger partial charge on any atom is -0.331 e. The molecule has 5 nitrogen and oxygen atoms in total. The standard InChI is InChI=1S/C17H26N4O/c1-11-2-4-12(5-3-11)21(13-6-7-13)17(22)16-14-10-18-9-8-15(14)19-20-16/h11-13,18H,2-10H2,1H3,(H,19,20). The molecular formula is C17H26N4O. The molecule has 120 valence electrons. The van der Waals surface area contributed by atoms with Gasteiger partial charge in [0.2, 0.25) is 0 Å². The molecule has 0 aromatic carbocycles. The van der Waals surface area contributed by atoms with E-state index < -0.39 is 0 Å². The van der Waals surface area contributed by atoms with Crippen molar-refractivity contribution in [1.29, 1.82) is 0 Å². The Labute approximate surface area is 131 Å². The molecule has 1 aromatic rings. The van der Waals surface area contributed by atoms with E-state index in [2.05, 4.69) is 27.3 Å². The Morgan fingerprint density at radius 1 is 1.14 bits per heavy atom. The van der Waals surface area contributed by atoms with Gasteiger partial charge in [0, 0.05) is 42.9 Å². The number of carbonyl (C=O) groups excluding carboxylic acids is 1. The zero-order chi connectivity index (χ0) is 15.1. The Morgan fingerprint density at radius 2 is 1.82 bits per heavy atom. The van der Waals surface area contributed by atoms with Gasteiger partial charge in [-0.15, -0.1) is 0 Å². The molecule has 2 aliphatic carbocycles. The highest BCUT2D eigenvalue weighted by atomic mass is 16.2. The molecule has 2 N–H and O–H groups in total. The van der Waals surface area contributed by atoms with Crippen LogP contribution >= 0.6 is 0 Å². The highest BCUT2D eigenvalue weighted by Gasteiger charge is 2.40. The van der Waals surface area contributed by atoms with Crippen LogP contribution in [0.4, 0.5) is 0 Å². The molecule has 0 atom stereocenters. The summed E-state index contributed by atoms with van der Waals surface area (Å²) in [7, 11) is 0. The molecule has 0 radical (unpaired) electrons. The smallest absolute Gasteiger partial charge is 0.275 e. The molecule has 2 saturated carbocycles. The van der Waals surface area contributed by atoms with Gasteiger partial charge in [0.1, 0.15) is 0 Å². The van der Waals surface area contributed by atoms with Gasteiger partial charge in [-0.1, -0.05) is 6.92 Å². The average Bonchev–Trinajstić information content (AvgIpc) is 3.27. The van der Waals surface area contributed by atoms with Crippen molar-refractivity contribution < 1.29 is 4.79 Å². The van der Waals surface area contributed by atoms with Crippen LogP contribution in [0.15, 0.2) is 0 Å². The van der Waals surface area contributed by atoms with Crippen LogP contribution in [0.25, 0.3) is 0 Å². The van der Waals surface area contributed by atoms with Gasteiger partial charge in [-0.3, -0.25) is 9.89 Å². The first-order valence-electron chi connectivity index (χ1n) is 8.83. The quantitative estimate of drug-likeness (QED) is 0.900. The number of aromatic amines is 1. The SMILES string of the molecule is CC1CCC(N(C(=O)c2n[nH]c3c2CNCC3)C2CC2)CC1. The van der Waals surface area contributed by atoms with Crippen molar-refractivity contribution in [2.45, 2.75) is 70.5 Å². The van der Waals surface area contributed by atoms with E-state index in [0.29, 0.717) is 17.8 Å². The van der Waals surface area contributed by atoms with E-state index in [1.54, 1.807) is 0 Å². The van der Waals surface area contributed by atoms with Crippen molar-refractivity contribution in [1.82, 2.24) is 20.4 Å². The molecule has 1 aliphatic heterocycles. The van der Waals surface area contributed by atoms with Crippen LogP contribution in [0.3, 0.4) is 0 Å². The minimum absolute atomic E-state index is 0.170. The number of carbonyl (C=O) groups is 1. The monoisotopic (exact) mass is 302 g/mol. The maximum atomic E-state index is 13.2. The zero-order valence-electron chi connectivity index (χ0n) is 13.4. The summed E-state index contributed by atoms with van der Waals surface area (Å²) in [4.78, 5) is 15.3. The van der Waals surface area contributed by atoms with Gasteiger partial charge in [-0.2, -0.15) is 5.10 Å². The number of hydrogen-bond acceptors (Lipinski definition) is 3. The minimum atomic E-state index is 0.170. The number of amides is 1. The number of fused-ring (bicyclic) bond motifs is 1. The molecule has 3 aliphatic rings. The number of nitrogens with one attached hydrogen (secondary N) is 2. The molecule has 5 heteroatoms. The van der Waals surface area contributed by atoms with Gasteiger partial charge in [0.25, 0.3) is 5.91 Å². The van der Waals surface area contributed by atoms with Gasteiger partial charge < -0.3 is 10.2 Å². The lowest BCUT2D eigenvalue weighted by molar-refractivity contribution is 0.0585. The molecule has 4 rings (SSSR count). The molecule has 0 saturated heterocycles. The van der Waals surface area contributed by atoms with E-state index in [9.17, 15) is 4.79 Å². The first-order chi connectivity index (χ1) is 10.7. The molecule has 2 fully saturated rings. The Bertz CT molecular complexity index is 555. The maximum absolute atomic E-state index is 13.2. The van der Waals surface area contributed by atoms with Crippen LogP contribution in [0.2, 0.25) is 0 Å². The van der Waals surface area contributed by atoms with Crippen LogP contribution in [0, 0.1) is 5.92 Å². The molecule has 2 heterocycles. The summed E-state index contributed by atoms with van der Waals surface area (Å²) in [5.41, 5.74) is 2.92. The van der Waals surface area contributed by atoms with Crippen LogP contribution < -0.4 is 5.32 Å². The third-order valence-corrected chi connectivity index (χ3v) is 5.56. The Balaban J connectivity index is 1.57. The fraction of sp³-hybridized carbons (Fsp3) is 0.765. The van der Waals surface area contributed by atoms with Gasteiger partial charge in [-0.25, -0.2) is 0 Å². The van der Waals surface area contributed by atoms with Crippen molar-refractivity contribution in [2.75, 3.05) is 6.54 Å². The number of aromatic nitrogens is 2. The van der Waals surface area contributed by atoms with Crippen LogP contribution in [-0.4, -0.2) is 39.6 Å². The van der Waals surface area contributed by atoms with E-state index in [1.807, 2.05) is 0 Å². The molecular weight excluding hydrogens is 276 g/mol. The summed E-state index contributed by atoms with van der Waals surface area (Å²) in [5, 5.41) is 10.8. The second kappa shape index (κ2) is 5.69. The van der Waals surface area contributed by atoms with E-state index in [-0.39, 0.29) is 5.91 Å². The molecule has 0 unspecified atom stereocenters. The average molecular weight is 302 g/mol. The first-order valence-corrected chi connectivity index (χ1v) is 8.83. The topological polar surface area (TPSA) is 61.0 Å². The summed E-state index contributed by atoms with van der Waals surface area (Å²) < 4.78 is 0. The second-order valence-corrected chi connectivity index (χ2v) is 7.31. The van der Waals surface area contributed by atoms with Crippen molar-refractivity contribution in [3.8, 4) is 0 Å². The summed E-state index contributed by atoms with van der Waals surface area (Å²) >= 11 is 0. The highest BCUT2D eigenvalue weighted by molar-refractivity contribution is 5.94. The van der Waals surface area contributed by atoms with Gasteiger partial charge >= 0.3 is 0 Å². The summed E-state index contributed by atoms with van der Waals surface area (Å²) in [6, 6.07) is 0.898. The summed E-state index contributed by atoms with van der Waals surface area (Å²) in [6.45, 7) is 4.07. The lowest BCUT2D eigenvalue weighted by Gasteiger charge is -2.36. The third kappa shape index (κ3) is 2.56. The van der Waals surface area contributed by atoms with Gasteiger partial charge in [-0.05, 0) is 44.4 Å². The van der Waals surface area contributed by atoms with Crippen LogP contribution in [0.5, 0.6) is 0 Å². The third-order valence-electron chi connectivity index (χ3n) is 5.56. The molecule has 1 aromatic heterocycles. The van der Waals surface area contributed by atoms with E-state index in [1.165, 1.54) is 25.7 Å². The Kier molecular flexibility index (Phi) is 3.68. The molecule has 0 bridgehead atoms. The summed E-state index contributed by atoms with van der Waals surface area (Å²) in [6.07, 6.45) is 8.11. The second-order valence-electron chi connectivity index (χ2n) is 7.31. The van der Waals surface area contributed by atoms with Crippen molar-refractivity contribution in [3.63, 3.8) is 0 Å². The van der Waals surface area contributed by atoms with Gasteiger partial charge in [0.15, 0.2) is 5.69 Å². The fourth-order valence-corrected chi connectivity index (χ4v) is 4.03. The van der Waals surface area contributed by atoms with E-state index in [0.717, 1.165) is 49.5 Å². The summed E-state index contributed by atoms with van der Waals surface area (Å²) in [5.74, 6) is 0.984. The largest absolute Gasteiger partial charge is 0.331 e. The first kappa shape index (κ1) is 14.2. The molecule has 22 heavy (non-hydrogen) atoms.